The molecule has 21 heavy (non-hydrogen) atoms. The minimum absolute atomic E-state index is 0.0528. The Morgan fingerprint density at radius 2 is 2.14 bits per heavy atom. The van der Waals surface area contributed by atoms with Crippen LogP contribution >= 0.6 is 11.3 Å². The van der Waals surface area contributed by atoms with Gasteiger partial charge in [-0.3, -0.25) is 4.79 Å². The Balaban J connectivity index is 2.95. The molecule has 0 fully saturated rings. The molecule has 5 heteroatoms. The lowest BCUT2D eigenvalue weighted by Crippen LogP contribution is -2.43. The summed E-state index contributed by atoms with van der Waals surface area (Å²) in [6.45, 7) is 7.35. The average molecular weight is 308 g/mol. The lowest BCUT2D eigenvalue weighted by Gasteiger charge is -2.29. The molecule has 1 amide bonds. The first-order valence-electron chi connectivity index (χ1n) is 7.06. The zero-order valence-electron chi connectivity index (χ0n) is 13.4. The minimum atomic E-state index is -0.165. The molecule has 116 valence electrons. The van der Waals surface area contributed by atoms with Gasteiger partial charge in [0, 0.05) is 19.1 Å². The monoisotopic (exact) mass is 308 g/mol. The molecule has 1 rings (SSSR count). The smallest absolute Gasteiger partial charge is 0.264 e. The first-order chi connectivity index (χ1) is 9.90. The molecule has 0 aliphatic heterocycles. The van der Waals surface area contributed by atoms with Crippen LogP contribution in [0.15, 0.2) is 6.07 Å². The zero-order valence-corrected chi connectivity index (χ0v) is 14.3. The Hall–Kier alpha value is -1.35. The fraction of sp³-hybridized carbons (Fsp3) is 0.562. The number of likely N-dealkylation sites (N-methyl/N-ethyl adjacent to an activating group) is 2. The standard InChI is InChI=1S/C16H24N2O2S/c1-6-18(13(3)11-17(4)5)16(20)15-10-12(2)14(21-15)8-7-9-19/h10,13,19H,6,9,11H2,1-5H3. The van der Waals surface area contributed by atoms with Gasteiger partial charge in [0.1, 0.15) is 6.61 Å². The number of thiophene rings is 1. The van der Waals surface area contributed by atoms with Crippen LogP contribution in [-0.2, 0) is 0 Å². The van der Waals surface area contributed by atoms with Gasteiger partial charge in [-0.1, -0.05) is 11.8 Å². The Kier molecular flexibility index (Phi) is 6.90. The zero-order chi connectivity index (χ0) is 16.0. The second-order valence-corrected chi connectivity index (χ2v) is 6.34. The van der Waals surface area contributed by atoms with Gasteiger partial charge in [-0.25, -0.2) is 0 Å². The van der Waals surface area contributed by atoms with E-state index in [2.05, 4.69) is 23.7 Å². The maximum absolute atomic E-state index is 12.7. The summed E-state index contributed by atoms with van der Waals surface area (Å²) in [5.41, 5.74) is 0.987. The molecule has 0 aliphatic carbocycles. The summed E-state index contributed by atoms with van der Waals surface area (Å²) in [5, 5.41) is 8.77. The molecule has 1 atom stereocenters. The highest BCUT2D eigenvalue weighted by molar-refractivity contribution is 7.14. The fourth-order valence-corrected chi connectivity index (χ4v) is 3.26. The number of hydrogen-bond donors (Lipinski definition) is 1. The van der Waals surface area contributed by atoms with Crippen LogP contribution in [0.5, 0.6) is 0 Å². The van der Waals surface area contributed by atoms with Gasteiger partial charge in [0.2, 0.25) is 0 Å². The lowest BCUT2D eigenvalue weighted by molar-refractivity contribution is 0.0684. The molecule has 0 aliphatic rings. The quantitative estimate of drug-likeness (QED) is 0.844. The molecule has 1 aromatic rings. The number of aliphatic hydroxyl groups is 1. The van der Waals surface area contributed by atoms with Crippen molar-refractivity contribution in [3.05, 3.63) is 21.4 Å². The van der Waals surface area contributed by atoms with Crippen LogP contribution in [0.1, 0.15) is 34.0 Å². The molecule has 1 N–H and O–H groups in total. The normalized spacial score (nSPS) is 12.0. The van der Waals surface area contributed by atoms with Crippen molar-refractivity contribution in [2.45, 2.75) is 26.8 Å². The summed E-state index contributed by atoms with van der Waals surface area (Å²) in [7, 11) is 4.01. The van der Waals surface area contributed by atoms with E-state index in [1.54, 1.807) is 0 Å². The highest BCUT2D eigenvalue weighted by Gasteiger charge is 2.22. The van der Waals surface area contributed by atoms with E-state index in [0.29, 0.717) is 11.4 Å². The molecular formula is C16H24N2O2S. The molecule has 0 aromatic carbocycles. The van der Waals surface area contributed by atoms with Gasteiger partial charge in [0.15, 0.2) is 0 Å². The Bertz CT molecular complexity index is 540. The van der Waals surface area contributed by atoms with Crippen LogP contribution in [0.4, 0.5) is 0 Å². The number of hydrogen-bond acceptors (Lipinski definition) is 4. The number of carbonyl (C=O) groups excluding carboxylic acids is 1. The van der Waals surface area contributed by atoms with Crippen molar-refractivity contribution in [1.29, 1.82) is 0 Å². The van der Waals surface area contributed by atoms with Gasteiger partial charge in [-0.15, -0.1) is 11.3 Å². The predicted octanol–water partition coefficient (Wildman–Crippen LogP) is 1.81. The van der Waals surface area contributed by atoms with Gasteiger partial charge in [0.05, 0.1) is 9.75 Å². The highest BCUT2D eigenvalue weighted by Crippen LogP contribution is 2.23. The second kappa shape index (κ2) is 8.18. The average Bonchev–Trinajstić information content (AvgIpc) is 2.77. The number of carbonyl (C=O) groups is 1. The van der Waals surface area contributed by atoms with E-state index in [4.69, 9.17) is 5.11 Å². The second-order valence-electron chi connectivity index (χ2n) is 5.29. The minimum Gasteiger partial charge on any atom is -0.384 e. The molecule has 0 saturated heterocycles. The van der Waals surface area contributed by atoms with Crippen LogP contribution in [0.25, 0.3) is 0 Å². The molecular weight excluding hydrogens is 284 g/mol. The highest BCUT2D eigenvalue weighted by atomic mass is 32.1. The first kappa shape index (κ1) is 17.7. The molecule has 1 heterocycles. The Labute approximate surface area is 131 Å². The number of aliphatic hydroxyl groups excluding tert-OH is 1. The third kappa shape index (κ3) is 4.85. The molecule has 0 radical (unpaired) electrons. The van der Waals surface area contributed by atoms with Crippen molar-refractivity contribution in [3.8, 4) is 11.8 Å². The predicted molar refractivity (Wildman–Crippen MR) is 87.7 cm³/mol. The maximum Gasteiger partial charge on any atom is 0.264 e. The summed E-state index contributed by atoms with van der Waals surface area (Å²) in [6.07, 6.45) is 0. The third-order valence-electron chi connectivity index (χ3n) is 3.17. The Morgan fingerprint density at radius 3 is 2.67 bits per heavy atom. The van der Waals surface area contributed by atoms with Crippen LogP contribution in [-0.4, -0.2) is 60.6 Å². The lowest BCUT2D eigenvalue weighted by atomic mass is 10.2. The summed E-state index contributed by atoms with van der Waals surface area (Å²) < 4.78 is 0. The summed E-state index contributed by atoms with van der Waals surface area (Å²) in [5.74, 6) is 5.58. The van der Waals surface area contributed by atoms with E-state index in [1.165, 1.54) is 11.3 Å². The molecule has 1 aromatic heterocycles. The largest absolute Gasteiger partial charge is 0.384 e. The maximum atomic E-state index is 12.7. The molecule has 1 unspecified atom stereocenters. The van der Waals surface area contributed by atoms with Gasteiger partial charge >= 0.3 is 0 Å². The van der Waals surface area contributed by atoms with Gasteiger partial charge < -0.3 is 14.9 Å². The van der Waals surface area contributed by atoms with E-state index in [-0.39, 0.29) is 18.6 Å². The van der Waals surface area contributed by atoms with Crippen LogP contribution < -0.4 is 0 Å². The number of amides is 1. The van der Waals surface area contributed by atoms with E-state index in [0.717, 1.165) is 17.0 Å². The fourth-order valence-electron chi connectivity index (χ4n) is 2.26. The van der Waals surface area contributed by atoms with Crippen molar-refractivity contribution in [2.75, 3.05) is 33.8 Å². The first-order valence-corrected chi connectivity index (χ1v) is 7.88. The number of aryl methyl sites for hydroxylation is 1. The van der Waals surface area contributed by atoms with E-state index < -0.39 is 0 Å². The van der Waals surface area contributed by atoms with Crippen molar-refractivity contribution < 1.29 is 9.90 Å². The van der Waals surface area contributed by atoms with Gasteiger partial charge in [0.25, 0.3) is 5.91 Å². The molecule has 0 spiro atoms. The summed E-state index contributed by atoms with van der Waals surface area (Å²) >= 11 is 1.40. The molecule has 0 bridgehead atoms. The summed E-state index contributed by atoms with van der Waals surface area (Å²) in [6, 6.07) is 2.05. The van der Waals surface area contributed by atoms with Gasteiger partial charge in [-0.05, 0) is 46.5 Å². The molecule has 0 saturated carbocycles. The van der Waals surface area contributed by atoms with Crippen molar-refractivity contribution >= 4 is 17.2 Å². The Morgan fingerprint density at radius 1 is 1.48 bits per heavy atom. The van der Waals surface area contributed by atoms with E-state index in [9.17, 15) is 4.79 Å². The van der Waals surface area contributed by atoms with Crippen LogP contribution in [0.3, 0.4) is 0 Å². The van der Waals surface area contributed by atoms with E-state index >= 15 is 0 Å². The van der Waals surface area contributed by atoms with Crippen LogP contribution in [0, 0.1) is 18.8 Å². The van der Waals surface area contributed by atoms with Crippen molar-refractivity contribution in [3.63, 3.8) is 0 Å². The SMILES string of the molecule is CCN(C(=O)c1cc(C)c(C#CCO)s1)C(C)CN(C)C. The number of rotatable bonds is 5. The van der Waals surface area contributed by atoms with Crippen molar-refractivity contribution in [2.24, 2.45) is 0 Å². The van der Waals surface area contributed by atoms with E-state index in [1.807, 2.05) is 38.9 Å². The molecule has 4 nitrogen and oxygen atoms in total. The summed E-state index contributed by atoms with van der Waals surface area (Å²) in [4.78, 5) is 18.2. The van der Waals surface area contributed by atoms with Gasteiger partial charge in [-0.2, -0.15) is 0 Å². The van der Waals surface area contributed by atoms with Crippen LogP contribution in [0.2, 0.25) is 0 Å². The van der Waals surface area contributed by atoms with Crippen molar-refractivity contribution in [1.82, 2.24) is 9.80 Å². The number of nitrogens with zero attached hydrogens (tertiary/aromatic N) is 2. The topological polar surface area (TPSA) is 43.8 Å². The third-order valence-corrected chi connectivity index (χ3v) is 4.31.